The van der Waals surface area contributed by atoms with Crippen molar-refractivity contribution in [1.29, 1.82) is 0 Å². The molecular weight excluding hydrogens is 597 g/mol. The van der Waals surface area contributed by atoms with Crippen LogP contribution in [0.3, 0.4) is 0 Å². The Bertz CT molecular complexity index is 2510. The lowest BCUT2D eigenvalue weighted by Gasteiger charge is -2.12. The van der Waals surface area contributed by atoms with Gasteiger partial charge in [-0.05, 0) is 35.4 Å². The number of pyridine rings is 1. The number of benzene rings is 6. The SMILES string of the molecule is c1ccc(-c2nc(-c3ccccc3)nc(-c3ccc(-c4cccc(-c5nc6ccccc6c6c5ccc5nsnc56)c4)cc3)n2)cc1. The molecule has 0 spiro atoms. The van der Waals surface area contributed by atoms with E-state index in [9.17, 15) is 0 Å². The summed E-state index contributed by atoms with van der Waals surface area (Å²) in [6, 6.07) is 49.4. The van der Waals surface area contributed by atoms with Crippen LogP contribution >= 0.6 is 11.7 Å². The fourth-order valence-electron chi connectivity index (χ4n) is 6.10. The maximum absolute atomic E-state index is 5.15. The number of rotatable bonds is 5. The van der Waals surface area contributed by atoms with E-state index < -0.39 is 0 Å². The summed E-state index contributed by atoms with van der Waals surface area (Å²) >= 11 is 1.24. The number of para-hydroxylation sites is 1. The molecule has 3 heterocycles. The molecule has 0 aliphatic heterocycles. The molecule has 0 radical (unpaired) electrons. The summed E-state index contributed by atoms with van der Waals surface area (Å²) in [6.45, 7) is 0. The van der Waals surface area contributed by atoms with E-state index in [1.165, 1.54) is 11.7 Å². The molecule has 0 amide bonds. The Labute approximate surface area is 274 Å². The van der Waals surface area contributed by atoms with Gasteiger partial charge < -0.3 is 0 Å². The van der Waals surface area contributed by atoms with Crippen molar-refractivity contribution in [3.05, 3.63) is 146 Å². The summed E-state index contributed by atoms with van der Waals surface area (Å²) in [7, 11) is 0. The van der Waals surface area contributed by atoms with Gasteiger partial charge in [0, 0.05) is 38.4 Å². The maximum Gasteiger partial charge on any atom is 0.164 e. The van der Waals surface area contributed by atoms with E-state index in [0.717, 1.165) is 71.8 Å². The van der Waals surface area contributed by atoms with Crippen LogP contribution in [0.15, 0.2) is 146 Å². The molecule has 0 aliphatic carbocycles. The Kier molecular flexibility index (Phi) is 6.54. The Morgan fingerprint density at radius 3 is 1.64 bits per heavy atom. The van der Waals surface area contributed by atoms with Gasteiger partial charge >= 0.3 is 0 Å². The lowest BCUT2D eigenvalue weighted by molar-refractivity contribution is 1.07. The van der Waals surface area contributed by atoms with Crippen LogP contribution in [0, 0.1) is 0 Å². The van der Waals surface area contributed by atoms with Crippen LogP contribution in [0.1, 0.15) is 0 Å². The second-order valence-electron chi connectivity index (χ2n) is 11.3. The van der Waals surface area contributed by atoms with Crippen molar-refractivity contribution in [2.24, 2.45) is 0 Å². The Hall–Kier alpha value is -6.18. The van der Waals surface area contributed by atoms with Gasteiger partial charge in [0.05, 0.1) is 22.9 Å². The highest BCUT2D eigenvalue weighted by molar-refractivity contribution is 7.00. The van der Waals surface area contributed by atoms with Crippen molar-refractivity contribution in [2.75, 3.05) is 0 Å². The molecule has 0 saturated heterocycles. The fourth-order valence-corrected chi connectivity index (χ4v) is 6.64. The third-order valence-corrected chi connectivity index (χ3v) is 8.94. The van der Waals surface area contributed by atoms with Gasteiger partial charge in [0.15, 0.2) is 17.5 Å². The van der Waals surface area contributed by atoms with Crippen LogP contribution in [0.4, 0.5) is 0 Å². The zero-order valence-corrected chi connectivity index (χ0v) is 25.8. The summed E-state index contributed by atoms with van der Waals surface area (Å²) in [5.41, 5.74) is 9.74. The predicted octanol–water partition coefficient (Wildman–Crippen LogP) is 9.91. The van der Waals surface area contributed by atoms with E-state index in [-0.39, 0.29) is 0 Å². The molecule has 6 aromatic carbocycles. The number of nitrogens with zero attached hydrogens (tertiary/aromatic N) is 6. The standard InChI is InChI=1S/C40H24N6S/c1-3-10-26(11-4-1)38-42-39(27-12-5-2-6-13-27)44-40(43-38)28-20-18-25(19-21-28)29-14-9-15-30(24-29)36-32-22-23-34-37(46-47-45-34)35(32)31-16-7-8-17-33(31)41-36/h1-24H. The first-order valence-electron chi connectivity index (χ1n) is 15.3. The molecule has 7 heteroatoms. The van der Waals surface area contributed by atoms with Crippen LogP contribution in [0.25, 0.3) is 89.3 Å². The first kappa shape index (κ1) is 27.2. The van der Waals surface area contributed by atoms with Gasteiger partial charge in [-0.3, -0.25) is 0 Å². The molecule has 0 saturated carbocycles. The highest BCUT2D eigenvalue weighted by Crippen LogP contribution is 2.37. The van der Waals surface area contributed by atoms with Gasteiger partial charge in [0.2, 0.25) is 0 Å². The van der Waals surface area contributed by atoms with Crippen LogP contribution in [0.5, 0.6) is 0 Å². The fraction of sp³-hybridized carbons (Fsp3) is 0. The maximum atomic E-state index is 5.15. The van der Waals surface area contributed by atoms with Gasteiger partial charge in [-0.25, -0.2) is 19.9 Å². The topological polar surface area (TPSA) is 77.3 Å². The van der Waals surface area contributed by atoms with E-state index in [1.807, 2.05) is 78.9 Å². The van der Waals surface area contributed by atoms with Crippen LogP contribution < -0.4 is 0 Å². The lowest BCUT2D eigenvalue weighted by atomic mass is 9.96. The summed E-state index contributed by atoms with van der Waals surface area (Å²) < 4.78 is 9.16. The van der Waals surface area contributed by atoms with Crippen molar-refractivity contribution in [1.82, 2.24) is 28.7 Å². The molecular formula is C40H24N6S. The molecule has 47 heavy (non-hydrogen) atoms. The largest absolute Gasteiger partial charge is 0.247 e. The predicted molar refractivity (Wildman–Crippen MR) is 191 cm³/mol. The van der Waals surface area contributed by atoms with Crippen molar-refractivity contribution < 1.29 is 0 Å². The average molecular weight is 621 g/mol. The minimum absolute atomic E-state index is 0.632. The van der Waals surface area contributed by atoms with Crippen LogP contribution in [-0.2, 0) is 0 Å². The first-order chi connectivity index (χ1) is 23.3. The molecule has 3 aromatic heterocycles. The molecule has 0 fully saturated rings. The third-order valence-electron chi connectivity index (χ3n) is 8.40. The minimum atomic E-state index is 0.632. The molecule has 0 unspecified atom stereocenters. The van der Waals surface area contributed by atoms with Crippen LogP contribution in [0.2, 0.25) is 0 Å². The molecule has 6 nitrogen and oxygen atoms in total. The number of hydrogen-bond donors (Lipinski definition) is 0. The smallest absolute Gasteiger partial charge is 0.164 e. The number of hydrogen-bond acceptors (Lipinski definition) is 7. The zero-order chi connectivity index (χ0) is 31.2. The van der Waals surface area contributed by atoms with Gasteiger partial charge in [-0.15, -0.1) is 0 Å². The summed E-state index contributed by atoms with van der Waals surface area (Å²) in [4.78, 5) is 19.8. The molecule has 220 valence electrons. The summed E-state index contributed by atoms with van der Waals surface area (Å²) in [5.74, 6) is 1.92. The van der Waals surface area contributed by atoms with Gasteiger partial charge in [-0.1, -0.05) is 121 Å². The van der Waals surface area contributed by atoms with Crippen LogP contribution in [-0.4, -0.2) is 28.7 Å². The van der Waals surface area contributed by atoms with Crippen molar-refractivity contribution in [3.8, 4) is 56.5 Å². The lowest BCUT2D eigenvalue weighted by Crippen LogP contribution is -2.00. The molecule has 0 bridgehead atoms. The molecule has 0 aliphatic rings. The number of fused-ring (bicyclic) bond motifs is 5. The quantitative estimate of drug-likeness (QED) is 0.178. The van der Waals surface area contributed by atoms with E-state index >= 15 is 0 Å². The van der Waals surface area contributed by atoms with Crippen molar-refractivity contribution >= 4 is 44.4 Å². The molecule has 9 rings (SSSR count). The molecule has 0 atom stereocenters. The minimum Gasteiger partial charge on any atom is -0.247 e. The van der Waals surface area contributed by atoms with Gasteiger partial charge in [-0.2, -0.15) is 8.75 Å². The van der Waals surface area contributed by atoms with E-state index in [1.54, 1.807) is 0 Å². The van der Waals surface area contributed by atoms with E-state index in [4.69, 9.17) is 19.9 Å². The zero-order valence-electron chi connectivity index (χ0n) is 24.9. The second-order valence-corrected chi connectivity index (χ2v) is 11.8. The molecule has 9 aromatic rings. The van der Waals surface area contributed by atoms with E-state index in [2.05, 4.69) is 75.5 Å². The highest BCUT2D eigenvalue weighted by atomic mass is 32.1. The van der Waals surface area contributed by atoms with Crippen molar-refractivity contribution in [2.45, 2.75) is 0 Å². The summed E-state index contributed by atoms with van der Waals surface area (Å²) in [6.07, 6.45) is 0. The number of aromatic nitrogens is 6. The van der Waals surface area contributed by atoms with Gasteiger partial charge in [0.25, 0.3) is 0 Å². The average Bonchev–Trinajstić information content (AvgIpc) is 3.65. The first-order valence-corrected chi connectivity index (χ1v) is 16.0. The second kappa shape index (κ2) is 11.3. The summed E-state index contributed by atoms with van der Waals surface area (Å²) in [5, 5.41) is 3.24. The monoisotopic (exact) mass is 620 g/mol. The van der Waals surface area contributed by atoms with Crippen molar-refractivity contribution in [3.63, 3.8) is 0 Å². The van der Waals surface area contributed by atoms with E-state index in [0.29, 0.717) is 17.5 Å². The Morgan fingerprint density at radius 1 is 0.362 bits per heavy atom. The normalized spacial score (nSPS) is 11.4. The van der Waals surface area contributed by atoms with Gasteiger partial charge in [0.1, 0.15) is 11.0 Å². The Morgan fingerprint density at radius 2 is 0.936 bits per heavy atom. The highest BCUT2D eigenvalue weighted by Gasteiger charge is 2.16. The Balaban J connectivity index is 1.12. The third kappa shape index (κ3) is 4.90. The molecule has 0 N–H and O–H groups in total.